The van der Waals surface area contributed by atoms with Gasteiger partial charge in [0.25, 0.3) is 0 Å². The number of H-pyrrole nitrogens is 1. The van der Waals surface area contributed by atoms with E-state index in [2.05, 4.69) is 19.9 Å². The highest BCUT2D eigenvalue weighted by Gasteiger charge is 2.01. The molecular formula is C10H13N3S2. The lowest BCUT2D eigenvalue weighted by Crippen LogP contribution is -1.99. The average Bonchev–Trinajstić information content (AvgIpc) is 2.70. The van der Waals surface area contributed by atoms with Crippen LogP contribution in [0.15, 0.2) is 11.6 Å². The fourth-order valence-electron chi connectivity index (χ4n) is 1.46. The monoisotopic (exact) mass is 239 g/mol. The summed E-state index contributed by atoms with van der Waals surface area (Å²) in [6.45, 7) is 4.93. The lowest BCUT2D eigenvalue weighted by atomic mass is 10.4. The summed E-state index contributed by atoms with van der Waals surface area (Å²) in [7, 11) is 0. The first-order valence-corrected chi connectivity index (χ1v) is 6.11. The molecule has 0 aliphatic heterocycles. The molecule has 1 N–H and O–H groups in total. The molecule has 2 aromatic rings. The number of thiazole rings is 1. The summed E-state index contributed by atoms with van der Waals surface area (Å²) >= 11 is 6.90. The Morgan fingerprint density at radius 2 is 2.33 bits per heavy atom. The van der Waals surface area contributed by atoms with E-state index >= 15 is 0 Å². The normalized spacial score (nSPS) is 10.8. The van der Waals surface area contributed by atoms with Gasteiger partial charge in [0, 0.05) is 35.9 Å². The van der Waals surface area contributed by atoms with Crippen LogP contribution in [-0.4, -0.2) is 14.5 Å². The first kappa shape index (κ1) is 10.6. The van der Waals surface area contributed by atoms with Crippen LogP contribution in [0, 0.1) is 18.6 Å². The van der Waals surface area contributed by atoms with Gasteiger partial charge >= 0.3 is 0 Å². The zero-order valence-corrected chi connectivity index (χ0v) is 10.4. The van der Waals surface area contributed by atoms with Crippen molar-refractivity contribution in [2.45, 2.75) is 26.8 Å². The van der Waals surface area contributed by atoms with Crippen LogP contribution in [0.5, 0.6) is 0 Å². The Morgan fingerprint density at radius 1 is 1.53 bits per heavy atom. The fraction of sp³-hybridized carbons (Fsp3) is 0.400. The molecular weight excluding hydrogens is 226 g/mol. The van der Waals surface area contributed by atoms with Crippen molar-refractivity contribution in [3.8, 4) is 0 Å². The molecule has 0 aromatic carbocycles. The Kier molecular flexibility index (Phi) is 3.02. The Morgan fingerprint density at radius 3 is 2.87 bits per heavy atom. The van der Waals surface area contributed by atoms with Crippen LogP contribution in [0.2, 0.25) is 0 Å². The number of nitrogens with one attached hydrogen (secondary N) is 1. The van der Waals surface area contributed by atoms with Crippen molar-refractivity contribution in [3.05, 3.63) is 32.7 Å². The number of aryl methyl sites for hydroxylation is 4. The predicted molar refractivity (Wildman–Crippen MR) is 64.9 cm³/mol. The second kappa shape index (κ2) is 4.28. The van der Waals surface area contributed by atoms with Gasteiger partial charge in [0.2, 0.25) is 0 Å². The van der Waals surface area contributed by atoms with Gasteiger partial charge in [-0.3, -0.25) is 0 Å². The molecule has 2 rings (SSSR count). The quantitative estimate of drug-likeness (QED) is 0.836. The van der Waals surface area contributed by atoms with Gasteiger partial charge in [0.05, 0.1) is 5.01 Å². The third-order valence-corrected chi connectivity index (χ3v) is 3.51. The Bertz CT molecular complexity index is 507. The minimum Gasteiger partial charge on any atom is -0.335 e. The highest BCUT2D eigenvalue weighted by Crippen LogP contribution is 2.10. The van der Waals surface area contributed by atoms with E-state index in [1.807, 2.05) is 20.0 Å². The molecule has 0 saturated carbocycles. The number of aromatic nitrogens is 3. The minimum absolute atomic E-state index is 0.792. The van der Waals surface area contributed by atoms with Crippen LogP contribution in [0.25, 0.3) is 0 Å². The highest BCUT2D eigenvalue weighted by molar-refractivity contribution is 7.71. The summed E-state index contributed by atoms with van der Waals surface area (Å²) in [6.07, 6.45) is 2.99. The van der Waals surface area contributed by atoms with Crippen molar-refractivity contribution < 1.29 is 0 Å². The average molecular weight is 239 g/mol. The Hall–Kier alpha value is -0.940. The third kappa shape index (κ3) is 2.54. The number of hydrogen-bond donors (Lipinski definition) is 1. The van der Waals surface area contributed by atoms with Gasteiger partial charge in [-0.25, -0.2) is 4.98 Å². The molecule has 0 atom stereocenters. The highest BCUT2D eigenvalue weighted by atomic mass is 32.1. The van der Waals surface area contributed by atoms with E-state index in [-0.39, 0.29) is 0 Å². The van der Waals surface area contributed by atoms with Crippen molar-refractivity contribution in [3.63, 3.8) is 0 Å². The molecule has 0 aliphatic rings. The summed E-state index contributed by atoms with van der Waals surface area (Å²) in [5, 5.41) is 3.25. The summed E-state index contributed by atoms with van der Waals surface area (Å²) in [4.78, 5) is 7.53. The van der Waals surface area contributed by atoms with E-state index in [4.69, 9.17) is 12.2 Å². The maximum atomic E-state index is 5.18. The fourth-order valence-corrected chi connectivity index (χ4v) is 2.53. The number of nitrogens with zero attached hydrogens (tertiary/aromatic N) is 2. The smallest absolute Gasteiger partial charge is 0.177 e. The zero-order chi connectivity index (χ0) is 10.8. The van der Waals surface area contributed by atoms with Gasteiger partial charge in [0.15, 0.2) is 4.77 Å². The second-order valence-corrected chi connectivity index (χ2v) is 4.90. The van der Waals surface area contributed by atoms with E-state index in [1.54, 1.807) is 11.3 Å². The minimum atomic E-state index is 0.792. The molecule has 0 radical (unpaired) electrons. The molecule has 80 valence electrons. The van der Waals surface area contributed by atoms with Gasteiger partial charge < -0.3 is 9.55 Å². The van der Waals surface area contributed by atoms with Crippen LogP contribution in [0.3, 0.4) is 0 Å². The van der Waals surface area contributed by atoms with Crippen LogP contribution in [0.1, 0.15) is 16.4 Å². The Labute approximate surface area is 97.8 Å². The van der Waals surface area contributed by atoms with E-state index in [0.717, 1.165) is 29.1 Å². The molecule has 0 spiro atoms. The Balaban J connectivity index is 2.05. The molecule has 3 nitrogen and oxygen atoms in total. The van der Waals surface area contributed by atoms with Gasteiger partial charge in [-0.15, -0.1) is 11.3 Å². The zero-order valence-electron chi connectivity index (χ0n) is 8.78. The summed E-state index contributed by atoms with van der Waals surface area (Å²) in [5.41, 5.74) is 2.21. The SMILES string of the molecule is Cc1csc(CCn2cc(C)[nH]c2=S)n1. The van der Waals surface area contributed by atoms with Crippen LogP contribution >= 0.6 is 23.6 Å². The third-order valence-electron chi connectivity index (χ3n) is 2.15. The predicted octanol–water partition coefficient (Wildman–Crippen LogP) is 2.86. The van der Waals surface area contributed by atoms with Crippen molar-refractivity contribution in [2.75, 3.05) is 0 Å². The van der Waals surface area contributed by atoms with Crippen molar-refractivity contribution in [1.29, 1.82) is 0 Å². The number of rotatable bonds is 3. The molecule has 2 aromatic heterocycles. The van der Waals surface area contributed by atoms with Crippen molar-refractivity contribution >= 4 is 23.6 Å². The van der Waals surface area contributed by atoms with Crippen LogP contribution in [0.4, 0.5) is 0 Å². The van der Waals surface area contributed by atoms with Crippen molar-refractivity contribution in [2.24, 2.45) is 0 Å². The van der Waals surface area contributed by atoms with Gasteiger partial charge in [0.1, 0.15) is 0 Å². The molecule has 0 amide bonds. The lowest BCUT2D eigenvalue weighted by molar-refractivity contribution is 0.683. The number of imidazole rings is 1. The van der Waals surface area contributed by atoms with Crippen LogP contribution in [-0.2, 0) is 13.0 Å². The van der Waals surface area contributed by atoms with Crippen LogP contribution < -0.4 is 0 Å². The van der Waals surface area contributed by atoms with E-state index < -0.39 is 0 Å². The number of hydrogen-bond acceptors (Lipinski definition) is 3. The molecule has 0 saturated heterocycles. The maximum Gasteiger partial charge on any atom is 0.177 e. The summed E-state index contributed by atoms with van der Waals surface area (Å²) < 4.78 is 2.85. The van der Waals surface area contributed by atoms with E-state index in [0.29, 0.717) is 0 Å². The van der Waals surface area contributed by atoms with Crippen molar-refractivity contribution in [1.82, 2.24) is 14.5 Å². The largest absolute Gasteiger partial charge is 0.335 e. The van der Waals surface area contributed by atoms with Gasteiger partial charge in [-0.05, 0) is 26.1 Å². The molecule has 0 unspecified atom stereocenters. The van der Waals surface area contributed by atoms with E-state index in [1.165, 1.54) is 5.01 Å². The standard InChI is InChI=1S/C10H13N3S2/c1-7-5-13(10(14)12-7)4-3-9-11-8(2)6-15-9/h5-6H,3-4H2,1-2H3,(H,12,14). The molecule has 0 aliphatic carbocycles. The lowest BCUT2D eigenvalue weighted by Gasteiger charge is -1.98. The molecule has 0 fully saturated rings. The topological polar surface area (TPSA) is 33.6 Å². The number of aromatic amines is 1. The van der Waals surface area contributed by atoms with E-state index in [9.17, 15) is 0 Å². The molecule has 5 heteroatoms. The maximum absolute atomic E-state index is 5.18. The second-order valence-electron chi connectivity index (χ2n) is 3.57. The summed E-state index contributed by atoms with van der Waals surface area (Å²) in [6, 6.07) is 0. The van der Waals surface area contributed by atoms with Gasteiger partial charge in [-0.1, -0.05) is 0 Å². The molecule has 15 heavy (non-hydrogen) atoms. The first-order chi connectivity index (χ1) is 7.15. The summed E-state index contributed by atoms with van der Waals surface area (Å²) in [5.74, 6) is 0. The van der Waals surface area contributed by atoms with Gasteiger partial charge in [-0.2, -0.15) is 0 Å². The molecule has 0 bridgehead atoms. The first-order valence-electron chi connectivity index (χ1n) is 4.82. The molecule has 2 heterocycles.